The average Bonchev–Trinajstić information content (AvgIpc) is 2.45. The van der Waals surface area contributed by atoms with Crippen LogP contribution in [-0.4, -0.2) is 58.1 Å². The van der Waals surface area contributed by atoms with Crippen molar-refractivity contribution in [2.24, 2.45) is 0 Å². The number of ether oxygens (including phenoxy) is 2. The maximum Gasteiger partial charge on any atom is 0.160 e. The molecule has 0 amide bonds. The van der Waals surface area contributed by atoms with Gasteiger partial charge in [0.15, 0.2) is 11.5 Å². The molecule has 0 radical (unpaired) electrons. The van der Waals surface area contributed by atoms with Crippen LogP contribution >= 0.6 is 0 Å². The van der Waals surface area contributed by atoms with Crippen molar-refractivity contribution in [2.75, 3.05) is 13.2 Å². The zero-order valence-corrected chi connectivity index (χ0v) is 11.8. The van der Waals surface area contributed by atoms with Crippen LogP contribution in [0.25, 0.3) is 0 Å². The smallest absolute Gasteiger partial charge is 0.160 e. The molecular weight excluding hydrogens is 276 g/mol. The van der Waals surface area contributed by atoms with Crippen molar-refractivity contribution in [2.45, 2.75) is 43.7 Å². The highest BCUT2D eigenvalue weighted by atomic mass is 16.5. The molecule has 4 atom stereocenters. The van der Waals surface area contributed by atoms with Gasteiger partial charge in [0.2, 0.25) is 0 Å². The summed E-state index contributed by atoms with van der Waals surface area (Å²) in [7, 11) is 0. The number of aromatic hydroxyl groups is 1. The molecule has 4 N–H and O–H groups in total. The number of rotatable bonds is 6. The van der Waals surface area contributed by atoms with E-state index in [0.717, 1.165) is 0 Å². The molecule has 0 heterocycles. The van der Waals surface area contributed by atoms with E-state index >= 15 is 0 Å². The van der Waals surface area contributed by atoms with E-state index in [9.17, 15) is 20.4 Å². The number of hydrogen-bond acceptors (Lipinski definition) is 6. The third kappa shape index (κ3) is 4.57. The number of benzene rings is 1. The van der Waals surface area contributed by atoms with Crippen molar-refractivity contribution in [3.8, 4) is 11.5 Å². The molecule has 6 heteroatoms. The third-order valence-corrected chi connectivity index (χ3v) is 3.54. The lowest BCUT2D eigenvalue weighted by atomic mass is 9.90. The molecule has 0 aliphatic heterocycles. The molecule has 0 saturated heterocycles. The van der Waals surface area contributed by atoms with Crippen LogP contribution in [0.1, 0.15) is 19.3 Å². The van der Waals surface area contributed by atoms with Gasteiger partial charge in [-0.05, 0) is 12.1 Å². The highest BCUT2D eigenvalue weighted by molar-refractivity contribution is 5.37. The van der Waals surface area contributed by atoms with Gasteiger partial charge in [0.25, 0.3) is 0 Å². The van der Waals surface area contributed by atoms with Crippen LogP contribution in [0.15, 0.2) is 24.3 Å². The molecule has 118 valence electrons. The Morgan fingerprint density at radius 1 is 1.05 bits per heavy atom. The quantitative estimate of drug-likeness (QED) is 0.568. The molecule has 2 rings (SSSR count). The summed E-state index contributed by atoms with van der Waals surface area (Å²) in [6.45, 7) is 0.709. The largest absolute Gasteiger partial charge is 0.504 e. The van der Waals surface area contributed by atoms with Crippen molar-refractivity contribution in [1.82, 2.24) is 0 Å². The van der Waals surface area contributed by atoms with E-state index in [2.05, 4.69) is 0 Å². The van der Waals surface area contributed by atoms with Gasteiger partial charge in [0.05, 0.1) is 31.5 Å². The first-order chi connectivity index (χ1) is 10.1. The molecule has 1 aromatic rings. The van der Waals surface area contributed by atoms with Gasteiger partial charge in [-0.1, -0.05) is 12.1 Å². The highest BCUT2D eigenvalue weighted by Gasteiger charge is 2.35. The van der Waals surface area contributed by atoms with Crippen LogP contribution in [-0.2, 0) is 4.74 Å². The summed E-state index contributed by atoms with van der Waals surface area (Å²) in [6, 6.07) is 6.71. The summed E-state index contributed by atoms with van der Waals surface area (Å²) in [5.41, 5.74) is 0. The zero-order chi connectivity index (χ0) is 15.2. The summed E-state index contributed by atoms with van der Waals surface area (Å²) in [5.74, 6) is 0.508. The Kier molecular flexibility index (Phi) is 5.81. The van der Waals surface area contributed by atoms with E-state index in [1.165, 1.54) is 0 Å². The molecular formula is C15H22O6. The van der Waals surface area contributed by atoms with Crippen LogP contribution < -0.4 is 4.74 Å². The van der Waals surface area contributed by atoms with Gasteiger partial charge in [0.1, 0.15) is 6.10 Å². The number of aliphatic hydroxyl groups excluding tert-OH is 3. The maximum absolute atomic E-state index is 9.78. The summed E-state index contributed by atoms with van der Waals surface area (Å²) >= 11 is 0. The number of aliphatic hydroxyl groups is 3. The molecule has 0 spiro atoms. The summed E-state index contributed by atoms with van der Waals surface area (Å²) in [5, 5.41) is 38.4. The molecule has 1 fully saturated rings. The Morgan fingerprint density at radius 2 is 1.81 bits per heavy atom. The van der Waals surface area contributed by atoms with Gasteiger partial charge in [0, 0.05) is 19.3 Å². The molecule has 1 aromatic carbocycles. The Morgan fingerprint density at radius 3 is 2.57 bits per heavy atom. The average molecular weight is 298 g/mol. The molecule has 0 aromatic heterocycles. The monoisotopic (exact) mass is 298 g/mol. The van der Waals surface area contributed by atoms with Crippen LogP contribution in [0.5, 0.6) is 11.5 Å². The predicted octanol–water partition coefficient (Wildman–Crippen LogP) is 0.423. The van der Waals surface area contributed by atoms with Gasteiger partial charge < -0.3 is 29.9 Å². The van der Waals surface area contributed by atoms with Crippen molar-refractivity contribution in [3.63, 3.8) is 0 Å². The molecule has 1 saturated carbocycles. The second-order valence-corrected chi connectivity index (χ2v) is 5.26. The first-order valence-electron chi connectivity index (χ1n) is 7.14. The predicted molar refractivity (Wildman–Crippen MR) is 75.2 cm³/mol. The van der Waals surface area contributed by atoms with Crippen molar-refractivity contribution < 1.29 is 29.9 Å². The zero-order valence-electron chi connectivity index (χ0n) is 11.8. The van der Waals surface area contributed by atoms with E-state index in [0.29, 0.717) is 31.8 Å². The fourth-order valence-electron chi connectivity index (χ4n) is 2.39. The van der Waals surface area contributed by atoms with Gasteiger partial charge >= 0.3 is 0 Å². The minimum absolute atomic E-state index is 0.0902. The topological polar surface area (TPSA) is 99.4 Å². The fraction of sp³-hybridized carbons (Fsp3) is 0.600. The van der Waals surface area contributed by atoms with E-state index in [1.807, 2.05) is 0 Å². The van der Waals surface area contributed by atoms with E-state index in [4.69, 9.17) is 9.47 Å². The minimum atomic E-state index is -0.965. The number of phenolic OH excluding ortho intramolecular Hbond substituents is 1. The summed E-state index contributed by atoms with van der Waals surface area (Å²) < 4.78 is 10.9. The first kappa shape index (κ1) is 16.0. The van der Waals surface area contributed by atoms with Crippen LogP contribution in [0.3, 0.4) is 0 Å². The van der Waals surface area contributed by atoms with Crippen molar-refractivity contribution in [1.29, 1.82) is 0 Å². The summed E-state index contributed by atoms with van der Waals surface area (Å²) in [4.78, 5) is 0. The molecule has 21 heavy (non-hydrogen) atoms. The second-order valence-electron chi connectivity index (χ2n) is 5.26. The lowest BCUT2D eigenvalue weighted by Gasteiger charge is -2.34. The number of para-hydroxylation sites is 2. The molecule has 1 aliphatic carbocycles. The Bertz CT molecular complexity index is 438. The van der Waals surface area contributed by atoms with Crippen LogP contribution in [0.2, 0.25) is 0 Å². The molecule has 6 nitrogen and oxygen atoms in total. The van der Waals surface area contributed by atoms with Crippen LogP contribution in [0.4, 0.5) is 0 Å². The first-order valence-corrected chi connectivity index (χ1v) is 7.14. The minimum Gasteiger partial charge on any atom is -0.504 e. The van der Waals surface area contributed by atoms with Crippen LogP contribution in [0, 0.1) is 0 Å². The van der Waals surface area contributed by atoms with Crippen molar-refractivity contribution >= 4 is 0 Å². The van der Waals surface area contributed by atoms with Gasteiger partial charge in [-0.15, -0.1) is 0 Å². The Balaban J connectivity index is 1.66. The lowest BCUT2D eigenvalue weighted by Crippen LogP contribution is -2.47. The van der Waals surface area contributed by atoms with Gasteiger partial charge in [-0.2, -0.15) is 0 Å². The highest BCUT2D eigenvalue weighted by Crippen LogP contribution is 2.25. The fourth-order valence-corrected chi connectivity index (χ4v) is 2.39. The van der Waals surface area contributed by atoms with Gasteiger partial charge in [-0.25, -0.2) is 0 Å². The maximum atomic E-state index is 9.78. The third-order valence-electron chi connectivity index (χ3n) is 3.54. The lowest BCUT2D eigenvalue weighted by molar-refractivity contribution is -0.140. The van der Waals surface area contributed by atoms with E-state index in [1.54, 1.807) is 24.3 Å². The van der Waals surface area contributed by atoms with E-state index in [-0.39, 0.29) is 12.2 Å². The SMILES string of the molecule is Oc1ccccc1OCCCO[C@@H]1C[C@H](O)C[C@@H](O)[C@H]1O. The Hall–Kier alpha value is -1.34. The number of hydrogen-bond donors (Lipinski definition) is 4. The van der Waals surface area contributed by atoms with E-state index < -0.39 is 24.4 Å². The molecule has 0 unspecified atom stereocenters. The van der Waals surface area contributed by atoms with Crippen molar-refractivity contribution in [3.05, 3.63) is 24.3 Å². The standard InChI is InChI=1S/C15H22O6/c16-10-8-12(18)15(19)14(9-10)21-7-3-6-20-13-5-2-1-4-11(13)17/h1-2,4-5,10,12,14-19H,3,6-9H2/t10-,12-,14-,15-/m1/s1. The number of phenols is 1. The second kappa shape index (κ2) is 7.61. The van der Waals surface area contributed by atoms with Gasteiger partial charge in [-0.3, -0.25) is 0 Å². The summed E-state index contributed by atoms with van der Waals surface area (Å²) in [6.07, 6.45) is -2.05. The molecule has 1 aliphatic rings. The molecule has 0 bridgehead atoms. The normalized spacial score (nSPS) is 29.3. The Labute approximate surface area is 123 Å².